The second-order valence-electron chi connectivity index (χ2n) is 9.96. The van der Waals surface area contributed by atoms with E-state index >= 15 is 0 Å². The summed E-state index contributed by atoms with van der Waals surface area (Å²) in [6.07, 6.45) is 6.61. The molecule has 1 N–H and O–H groups in total. The van der Waals surface area contributed by atoms with Crippen LogP contribution >= 0.6 is 11.6 Å². The zero-order valence-corrected chi connectivity index (χ0v) is 20.5. The monoisotopic (exact) mass is 483 g/mol. The molecule has 0 radical (unpaired) electrons. The molecule has 1 amide bonds. The van der Waals surface area contributed by atoms with E-state index in [0.717, 1.165) is 61.7 Å². The SMILES string of the molecule is O=C(Nc1cccc(C2CCN(Cc3cn(-c4ccc(Cl)cc4)c4ccccc34)CC2)c1)C1CC1. The Morgan fingerprint density at radius 2 is 1.69 bits per heavy atom. The number of aromatic nitrogens is 1. The van der Waals surface area contributed by atoms with Crippen LogP contribution in [0.1, 0.15) is 42.7 Å². The van der Waals surface area contributed by atoms with Crippen LogP contribution in [0.2, 0.25) is 5.02 Å². The Balaban J connectivity index is 1.14. The van der Waals surface area contributed by atoms with Gasteiger partial charge in [0.15, 0.2) is 0 Å². The minimum atomic E-state index is 0.176. The van der Waals surface area contributed by atoms with E-state index < -0.39 is 0 Å². The highest BCUT2D eigenvalue weighted by Crippen LogP contribution is 2.33. The van der Waals surface area contributed by atoms with Gasteiger partial charge in [-0.1, -0.05) is 41.9 Å². The zero-order chi connectivity index (χ0) is 23.8. The van der Waals surface area contributed by atoms with E-state index in [0.29, 0.717) is 5.92 Å². The molecular formula is C30H30ClN3O. The molecule has 1 saturated carbocycles. The molecule has 0 bridgehead atoms. The Hall–Kier alpha value is -3.08. The van der Waals surface area contributed by atoms with Crippen LogP contribution < -0.4 is 5.32 Å². The van der Waals surface area contributed by atoms with Gasteiger partial charge in [-0.3, -0.25) is 9.69 Å². The number of para-hydroxylation sites is 1. The first-order valence-corrected chi connectivity index (χ1v) is 13.0. The minimum Gasteiger partial charge on any atom is -0.326 e. The summed E-state index contributed by atoms with van der Waals surface area (Å²) in [5.41, 5.74) is 6.00. The van der Waals surface area contributed by atoms with Crippen LogP contribution in [0.25, 0.3) is 16.6 Å². The van der Waals surface area contributed by atoms with E-state index in [1.165, 1.54) is 22.0 Å². The molecular weight excluding hydrogens is 454 g/mol. The molecule has 1 saturated heterocycles. The van der Waals surface area contributed by atoms with Crippen molar-refractivity contribution in [3.05, 3.63) is 95.1 Å². The molecule has 1 aromatic heterocycles. The lowest BCUT2D eigenvalue weighted by Gasteiger charge is -2.32. The molecule has 0 unspecified atom stereocenters. The van der Waals surface area contributed by atoms with Gasteiger partial charge in [0.25, 0.3) is 0 Å². The molecule has 35 heavy (non-hydrogen) atoms. The van der Waals surface area contributed by atoms with E-state index in [2.05, 4.69) is 75.6 Å². The maximum atomic E-state index is 12.2. The average Bonchev–Trinajstić information content (AvgIpc) is 3.68. The van der Waals surface area contributed by atoms with Crippen LogP contribution in [-0.4, -0.2) is 28.5 Å². The number of piperidine rings is 1. The summed E-state index contributed by atoms with van der Waals surface area (Å²) >= 11 is 6.12. The van der Waals surface area contributed by atoms with Crippen LogP contribution in [0.15, 0.2) is 79.0 Å². The van der Waals surface area contributed by atoms with Crippen LogP contribution in [0.4, 0.5) is 5.69 Å². The van der Waals surface area contributed by atoms with Crippen molar-refractivity contribution in [1.29, 1.82) is 0 Å². The molecule has 3 aromatic carbocycles. The van der Waals surface area contributed by atoms with Gasteiger partial charge in [0.2, 0.25) is 5.91 Å². The van der Waals surface area contributed by atoms with Crippen LogP contribution in [0.5, 0.6) is 0 Å². The number of benzene rings is 3. The van der Waals surface area contributed by atoms with E-state index in [1.54, 1.807) is 0 Å². The molecule has 0 atom stereocenters. The Kier molecular flexibility index (Phi) is 6.09. The Morgan fingerprint density at radius 3 is 2.46 bits per heavy atom. The van der Waals surface area contributed by atoms with Crippen molar-refractivity contribution >= 4 is 34.1 Å². The molecule has 4 nitrogen and oxygen atoms in total. The molecule has 2 aliphatic rings. The van der Waals surface area contributed by atoms with E-state index in [1.807, 2.05) is 18.2 Å². The topological polar surface area (TPSA) is 37.3 Å². The molecule has 2 heterocycles. The zero-order valence-electron chi connectivity index (χ0n) is 19.8. The van der Waals surface area contributed by atoms with Crippen LogP contribution in [-0.2, 0) is 11.3 Å². The smallest absolute Gasteiger partial charge is 0.227 e. The summed E-state index contributed by atoms with van der Waals surface area (Å²) in [7, 11) is 0. The Bertz CT molecular complexity index is 1350. The van der Waals surface area contributed by atoms with Crippen molar-refractivity contribution in [3.8, 4) is 5.69 Å². The van der Waals surface area contributed by atoms with E-state index in [9.17, 15) is 4.79 Å². The quantitative estimate of drug-likeness (QED) is 0.320. The molecule has 6 rings (SSSR count). The van der Waals surface area contributed by atoms with E-state index in [-0.39, 0.29) is 11.8 Å². The molecule has 1 aliphatic carbocycles. The number of nitrogens with one attached hydrogen (secondary N) is 1. The number of carbonyl (C=O) groups excluding carboxylic acids is 1. The second-order valence-corrected chi connectivity index (χ2v) is 10.4. The predicted octanol–water partition coefficient (Wildman–Crippen LogP) is 7.01. The summed E-state index contributed by atoms with van der Waals surface area (Å²) in [5.74, 6) is 0.946. The number of amides is 1. The number of hydrogen-bond acceptors (Lipinski definition) is 2. The molecule has 4 aromatic rings. The van der Waals surface area contributed by atoms with Crippen molar-refractivity contribution in [2.45, 2.75) is 38.1 Å². The first-order chi connectivity index (χ1) is 17.1. The molecule has 5 heteroatoms. The molecule has 178 valence electrons. The standard InChI is InChI=1S/C30H30ClN3O/c31-25-10-12-27(13-11-25)34-20-24(28-6-1-2-7-29(28)34)19-33-16-14-21(15-17-33)23-4-3-5-26(18-23)32-30(35)22-8-9-22/h1-7,10-13,18,20-22H,8-9,14-17,19H2,(H,32,35). The third-order valence-corrected chi connectivity index (χ3v) is 7.71. The molecule has 1 aliphatic heterocycles. The van der Waals surface area contributed by atoms with Gasteiger partial charge in [0, 0.05) is 40.4 Å². The molecule has 0 spiro atoms. The number of rotatable bonds is 6. The number of hydrogen-bond donors (Lipinski definition) is 1. The summed E-state index contributed by atoms with van der Waals surface area (Å²) in [4.78, 5) is 14.7. The van der Waals surface area contributed by atoms with Gasteiger partial charge < -0.3 is 9.88 Å². The van der Waals surface area contributed by atoms with Crippen molar-refractivity contribution < 1.29 is 4.79 Å². The van der Waals surface area contributed by atoms with Gasteiger partial charge in [-0.15, -0.1) is 0 Å². The fourth-order valence-electron chi connectivity index (χ4n) is 5.32. The van der Waals surface area contributed by atoms with Crippen molar-refractivity contribution in [2.24, 2.45) is 5.92 Å². The largest absolute Gasteiger partial charge is 0.326 e. The van der Waals surface area contributed by atoms with Crippen molar-refractivity contribution in [3.63, 3.8) is 0 Å². The number of anilines is 1. The third kappa shape index (κ3) is 4.86. The normalized spacial score (nSPS) is 17.1. The van der Waals surface area contributed by atoms with Crippen LogP contribution in [0, 0.1) is 5.92 Å². The van der Waals surface area contributed by atoms with Gasteiger partial charge in [-0.2, -0.15) is 0 Å². The highest BCUT2D eigenvalue weighted by Gasteiger charge is 2.29. The van der Waals surface area contributed by atoms with Crippen LogP contribution in [0.3, 0.4) is 0 Å². The summed E-state index contributed by atoms with van der Waals surface area (Å²) in [6, 6.07) is 25.2. The van der Waals surface area contributed by atoms with Crippen molar-refractivity contribution in [2.75, 3.05) is 18.4 Å². The number of likely N-dealkylation sites (tertiary alicyclic amines) is 1. The lowest BCUT2D eigenvalue weighted by atomic mass is 9.89. The average molecular weight is 484 g/mol. The molecule has 2 fully saturated rings. The summed E-state index contributed by atoms with van der Waals surface area (Å²) in [5, 5.41) is 5.16. The lowest BCUT2D eigenvalue weighted by Crippen LogP contribution is -2.32. The first-order valence-electron chi connectivity index (χ1n) is 12.6. The lowest BCUT2D eigenvalue weighted by molar-refractivity contribution is -0.117. The number of nitrogens with zero attached hydrogens (tertiary/aromatic N) is 2. The van der Waals surface area contributed by atoms with Gasteiger partial charge in [0.05, 0.1) is 5.52 Å². The second kappa shape index (κ2) is 9.52. The maximum absolute atomic E-state index is 12.2. The predicted molar refractivity (Wildman–Crippen MR) is 143 cm³/mol. The van der Waals surface area contributed by atoms with Gasteiger partial charge in [0.1, 0.15) is 0 Å². The fourth-order valence-corrected chi connectivity index (χ4v) is 5.44. The number of halogens is 1. The van der Waals surface area contributed by atoms with Gasteiger partial charge in [-0.25, -0.2) is 0 Å². The maximum Gasteiger partial charge on any atom is 0.227 e. The first kappa shape index (κ1) is 22.4. The Morgan fingerprint density at radius 1 is 0.914 bits per heavy atom. The fraction of sp³-hybridized carbons (Fsp3) is 0.300. The number of carbonyl (C=O) groups is 1. The summed E-state index contributed by atoms with van der Waals surface area (Å²) < 4.78 is 2.27. The van der Waals surface area contributed by atoms with E-state index in [4.69, 9.17) is 11.6 Å². The van der Waals surface area contributed by atoms with Crippen molar-refractivity contribution in [1.82, 2.24) is 9.47 Å². The Labute approximate surface area is 211 Å². The summed E-state index contributed by atoms with van der Waals surface area (Å²) in [6.45, 7) is 3.10. The highest BCUT2D eigenvalue weighted by atomic mass is 35.5. The van der Waals surface area contributed by atoms with Gasteiger partial charge >= 0.3 is 0 Å². The van der Waals surface area contributed by atoms with Gasteiger partial charge in [-0.05, 0) is 98.3 Å². The highest BCUT2D eigenvalue weighted by molar-refractivity contribution is 6.30. The number of fused-ring (bicyclic) bond motifs is 1. The minimum absolute atomic E-state index is 0.176. The third-order valence-electron chi connectivity index (χ3n) is 7.45.